The van der Waals surface area contributed by atoms with Gasteiger partial charge in [-0.2, -0.15) is 0 Å². The molecule has 0 atom stereocenters. The first-order valence-corrected chi connectivity index (χ1v) is 5.76. The van der Waals surface area contributed by atoms with Gasteiger partial charge in [0.2, 0.25) is 5.91 Å². The molecule has 0 aromatic heterocycles. The molecule has 1 aromatic rings. The Labute approximate surface area is 96.2 Å². The van der Waals surface area contributed by atoms with Crippen molar-refractivity contribution in [3.63, 3.8) is 0 Å². The average molecular weight is 218 g/mol. The Bertz CT molecular complexity index is 385. The van der Waals surface area contributed by atoms with Crippen molar-refractivity contribution < 1.29 is 4.79 Å². The lowest BCUT2D eigenvalue weighted by Gasteiger charge is -2.17. The summed E-state index contributed by atoms with van der Waals surface area (Å²) in [5.41, 5.74) is 7.58. The van der Waals surface area contributed by atoms with Crippen LogP contribution in [-0.4, -0.2) is 13.0 Å². The van der Waals surface area contributed by atoms with E-state index < -0.39 is 0 Å². The number of benzene rings is 1. The van der Waals surface area contributed by atoms with Gasteiger partial charge in [-0.15, -0.1) is 0 Å². The van der Waals surface area contributed by atoms with E-state index in [2.05, 4.69) is 0 Å². The van der Waals surface area contributed by atoms with Crippen LogP contribution < -0.4 is 10.6 Å². The van der Waals surface area contributed by atoms with Crippen LogP contribution in [0.4, 0.5) is 5.69 Å². The lowest BCUT2D eigenvalue weighted by atomic mass is 10.2. The Kier molecular flexibility index (Phi) is 3.25. The largest absolute Gasteiger partial charge is 0.326 e. The molecule has 0 bridgehead atoms. The van der Waals surface area contributed by atoms with Crippen LogP contribution in [0.1, 0.15) is 24.8 Å². The van der Waals surface area contributed by atoms with Crippen molar-refractivity contribution in [2.24, 2.45) is 11.7 Å². The zero-order chi connectivity index (χ0) is 11.5. The van der Waals surface area contributed by atoms with Gasteiger partial charge in [0.1, 0.15) is 0 Å². The fourth-order valence-electron chi connectivity index (χ4n) is 1.74. The SMILES string of the molecule is CN(C(=O)CC1CC1)c1cccc(CN)c1. The number of hydrogen-bond donors (Lipinski definition) is 1. The predicted octanol–water partition coefficient (Wildman–Crippen LogP) is 1.91. The van der Waals surface area contributed by atoms with E-state index in [4.69, 9.17) is 5.73 Å². The van der Waals surface area contributed by atoms with Gasteiger partial charge in [0, 0.05) is 25.7 Å². The highest BCUT2D eigenvalue weighted by molar-refractivity contribution is 5.93. The van der Waals surface area contributed by atoms with Gasteiger partial charge in [-0.05, 0) is 36.5 Å². The van der Waals surface area contributed by atoms with E-state index in [0.29, 0.717) is 18.9 Å². The molecule has 0 saturated heterocycles. The lowest BCUT2D eigenvalue weighted by Crippen LogP contribution is -2.26. The first-order valence-electron chi connectivity index (χ1n) is 5.76. The minimum atomic E-state index is 0.205. The van der Waals surface area contributed by atoms with Gasteiger partial charge in [0.25, 0.3) is 0 Å². The molecular formula is C13H18N2O. The van der Waals surface area contributed by atoms with Crippen LogP contribution >= 0.6 is 0 Å². The third-order valence-electron chi connectivity index (χ3n) is 3.07. The molecule has 3 nitrogen and oxygen atoms in total. The number of amides is 1. The molecule has 2 rings (SSSR count). The molecule has 0 heterocycles. The van der Waals surface area contributed by atoms with Crippen LogP contribution in [-0.2, 0) is 11.3 Å². The average Bonchev–Trinajstić information content (AvgIpc) is 3.12. The summed E-state index contributed by atoms with van der Waals surface area (Å²) in [6, 6.07) is 7.84. The van der Waals surface area contributed by atoms with Gasteiger partial charge >= 0.3 is 0 Å². The number of hydrogen-bond acceptors (Lipinski definition) is 2. The Morgan fingerprint density at radius 2 is 2.25 bits per heavy atom. The van der Waals surface area contributed by atoms with Gasteiger partial charge < -0.3 is 10.6 Å². The molecule has 0 spiro atoms. The van der Waals surface area contributed by atoms with Gasteiger partial charge in [-0.25, -0.2) is 0 Å². The van der Waals surface area contributed by atoms with Crippen LogP contribution in [0.25, 0.3) is 0 Å². The smallest absolute Gasteiger partial charge is 0.226 e. The van der Waals surface area contributed by atoms with E-state index in [9.17, 15) is 4.79 Å². The van der Waals surface area contributed by atoms with Gasteiger partial charge in [-0.3, -0.25) is 4.79 Å². The third-order valence-corrected chi connectivity index (χ3v) is 3.07. The molecule has 0 radical (unpaired) electrons. The summed E-state index contributed by atoms with van der Waals surface area (Å²) < 4.78 is 0. The molecular weight excluding hydrogens is 200 g/mol. The lowest BCUT2D eigenvalue weighted by molar-refractivity contribution is -0.118. The molecule has 1 amide bonds. The highest BCUT2D eigenvalue weighted by Gasteiger charge is 2.26. The number of carbonyl (C=O) groups excluding carboxylic acids is 1. The highest BCUT2D eigenvalue weighted by atomic mass is 16.2. The van der Waals surface area contributed by atoms with Gasteiger partial charge in [-0.1, -0.05) is 12.1 Å². The molecule has 1 aliphatic rings. The van der Waals surface area contributed by atoms with E-state index in [1.807, 2.05) is 31.3 Å². The molecule has 1 aromatic carbocycles. The normalized spacial score (nSPS) is 14.9. The summed E-state index contributed by atoms with van der Waals surface area (Å²) in [6.07, 6.45) is 3.11. The van der Waals surface area contributed by atoms with Gasteiger partial charge in [0.15, 0.2) is 0 Å². The molecule has 86 valence electrons. The molecule has 1 aliphatic carbocycles. The second kappa shape index (κ2) is 4.66. The quantitative estimate of drug-likeness (QED) is 0.839. The monoisotopic (exact) mass is 218 g/mol. The number of rotatable bonds is 4. The number of nitrogens with zero attached hydrogens (tertiary/aromatic N) is 1. The maximum absolute atomic E-state index is 11.9. The zero-order valence-corrected chi connectivity index (χ0v) is 9.65. The van der Waals surface area contributed by atoms with Crippen molar-refractivity contribution >= 4 is 11.6 Å². The topological polar surface area (TPSA) is 46.3 Å². The second-order valence-electron chi connectivity index (χ2n) is 4.47. The standard InChI is InChI=1S/C13H18N2O/c1-15(13(16)8-10-5-6-10)12-4-2-3-11(7-12)9-14/h2-4,7,10H,5-6,8-9,14H2,1H3. The van der Waals surface area contributed by atoms with Crippen molar-refractivity contribution in [1.82, 2.24) is 0 Å². The minimum absolute atomic E-state index is 0.205. The molecule has 2 N–H and O–H groups in total. The highest BCUT2D eigenvalue weighted by Crippen LogP contribution is 2.33. The van der Waals surface area contributed by atoms with Crippen LogP contribution in [0.5, 0.6) is 0 Å². The van der Waals surface area contributed by atoms with Crippen molar-refractivity contribution in [2.75, 3.05) is 11.9 Å². The number of carbonyl (C=O) groups is 1. The maximum atomic E-state index is 11.9. The molecule has 0 aliphatic heterocycles. The van der Waals surface area contributed by atoms with E-state index >= 15 is 0 Å². The first kappa shape index (κ1) is 11.1. The molecule has 1 saturated carbocycles. The third kappa shape index (κ3) is 2.61. The summed E-state index contributed by atoms with van der Waals surface area (Å²) in [5, 5.41) is 0. The summed E-state index contributed by atoms with van der Waals surface area (Å²) in [7, 11) is 1.83. The first-order chi connectivity index (χ1) is 7.70. The molecule has 16 heavy (non-hydrogen) atoms. The van der Waals surface area contributed by atoms with Crippen LogP contribution in [0.15, 0.2) is 24.3 Å². The summed E-state index contributed by atoms with van der Waals surface area (Å²) in [4.78, 5) is 13.6. The number of anilines is 1. The van der Waals surface area contributed by atoms with Crippen LogP contribution in [0.3, 0.4) is 0 Å². The Morgan fingerprint density at radius 3 is 2.88 bits per heavy atom. The van der Waals surface area contributed by atoms with Crippen LogP contribution in [0.2, 0.25) is 0 Å². The summed E-state index contributed by atoms with van der Waals surface area (Å²) >= 11 is 0. The van der Waals surface area contributed by atoms with E-state index in [1.54, 1.807) is 4.90 Å². The van der Waals surface area contributed by atoms with Crippen molar-refractivity contribution in [3.8, 4) is 0 Å². The van der Waals surface area contributed by atoms with Crippen LogP contribution in [0, 0.1) is 5.92 Å². The van der Waals surface area contributed by atoms with Crippen molar-refractivity contribution in [2.45, 2.75) is 25.8 Å². The minimum Gasteiger partial charge on any atom is -0.326 e. The second-order valence-corrected chi connectivity index (χ2v) is 4.47. The summed E-state index contributed by atoms with van der Waals surface area (Å²) in [6.45, 7) is 0.512. The maximum Gasteiger partial charge on any atom is 0.226 e. The van der Waals surface area contributed by atoms with E-state index in [-0.39, 0.29) is 5.91 Å². The Morgan fingerprint density at radius 1 is 1.50 bits per heavy atom. The molecule has 1 fully saturated rings. The van der Waals surface area contributed by atoms with Crippen molar-refractivity contribution in [1.29, 1.82) is 0 Å². The van der Waals surface area contributed by atoms with Gasteiger partial charge in [0.05, 0.1) is 0 Å². The number of nitrogens with two attached hydrogens (primary N) is 1. The Hall–Kier alpha value is -1.35. The molecule has 3 heteroatoms. The fraction of sp³-hybridized carbons (Fsp3) is 0.462. The predicted molar refractivity (Wildman–Crippen MR) is 65.1 cm³/mol. The fourth-order valence-corrected chi connectivity index (χ4v) is 1.74. The zero-order valence-electron chi connectivity index (χ0n) is 9.65. The van der Waals surface area contributed by atoms with E-state index in [0.717, 1.165) is 11.3 Å². The summed E-state index contributed by atoms with van der Waals surface area (Å²) in [5.74, 6) is 0.837. The van der Waals surface area contributed by atoms with E-state index in [1.165, 1.54) is 12.8 Å². The Balaban J connectivity index is 2.05. The molecule has 0 unspecified atom stereocenters. The van der Waals surface area contributed by atoms with Crippen molar-refractivity contribution in [3.05, 3.63) is 29.8 Å².